The van der Waals surface area contributed by atoms with E-state index in [1.54, 1.807) is 6.07 Å². The molecule has 0 saturated carbocycles. The van der Waals surface area contributed by atoms with Crippen LogP contribution in [0, 0.1) is 0 Å². The van der Waals surface area contributed by atoms with Gasteiger partial charge < -0.3 is 19.3 Å². The Morgan fingerprint density at radius 3 is 2.66 bits per heavy atom. The lowest BCUT2D eigenvalue weighted by molar-refractivity contribution is -0.0191. The maximum Gasteiger partial charge on any atom is 0.231 e. The summed E-state index contributed by atoms with van der Waals surface area (Å²) in [4.78, 5) is 0. The Morgan fingerprint density at radius 1 is 0.897 bits per heavy atom. The lowest BCUT2D eigenvalue weighted by Gasteiger charge is -2.38. The zero-order valence-electron chi connectivity index (χ0n) is 15.5. The average molecular weight is 386 g/mol. The summed E-state index contributed by atoms with van der Waals surface area (Å²) >= 11 is 0. The minimum Gasteiger partial charge on any atom is -0.507 e. The Bertz CT molecular complexity index is 1140. The molecule has 6 rings (SSSR count). The number of hydrogen-bond acceptors (Lipinski definition) is 6. The van der Waals surface area contributed by atoms with Gasteiger partial charge in [0.15, 0.2) is 11.5 Å². The molecular formula is C23H18N2O4. The first kappa shape index (κ1) is 16.3. The zero-order chi connectivity index (χ0) is 19.4. The number of fused-ring (bicyclic) bond motifs is 4. The van der Waals surface area contributed by atoms with Crippen LogP contribution >= 0.6 is 0 Å². The number of benzene rings is 3. The molecule has 3 aromatic rings. The molecule has 0 saturated heterocycles. The number of rotatable bonds is 2. The number of nitrogens with zero attached hydrogens (tertiary/aromatic N) is 2. The first-order chi connectivity index (χ1) is 14.3. The summed E-state index contributed by atoms with van der Waals surface area (Å²) in [6.07, 6.45) is 0.298. The number of hydrogen-bond donors (Lipinski definition) is 1. The van der Waals surface area contributed by atoms with E-state index in [0.717, 1.165) is 33.9 Å². The molecule has 3 aromatic carbocycles. The van der Waals surface area contributed by atoms with Gasteiger partial charge in [-0.1, -0.05) is 30.3 Å². The van der Waals surface area contributed by atoms with Crippen LogP contribution in [0.5, 0.6) is 23.0 Å². The van der Waals surface area contributed by atoms with E-state index in [2.05, 4.69) is 6.07 Å². The summed E-state index contributed by atoms with van der Waals surface area (Å²) in [7, 11) is 0. The van der Waals surface area contributed by atoms with Gasteiger partial charge in [0.1, 0.15) is 11.5 Å². The Balaban J connectivity index is 1.46. The summed E-state index contributed by atoms with van der Waals surface area (Å²) in [6.45, 7) is 0.231. The van der Waals surface area contributed by atoms with Gasteiger partial charge in [-0.2, -0.15) is 5.10 Å². The molecule has 0 amide bonds. The number of para-hydroxylation sites is 2. The number of phenols is 1. The summed E-state index contributed by atoms with van der Waals surface area (Å²) in [5, 5.41) is 17.2. The molecule has 0 fully saturated rings. The van der Waals surface area contributed by atoms with Crippen LogP contribution in [0.4, 0.5) is 0 Å². The fourth-order valence-corrected chi connectivity index (χ4v) is 4.20. The quantitative estimate of drug-likeness (QED) is 0.709. The Kier molecular flexibility index (Phi) is 3.47. The fraction of sp³-hybridized carbons (Fsp3) is 0.174. The highest BCUT2D eigenvalue weighted by atomic mass is 16.7. The predicted octanol–water partition coefficient (Wildman–Crippen LogP) is 4.36. The van der Waals surface area contributed by atoms with Crippen LogP contribution < -0.4 is 14.2 Å². The molecule has 29 heavy (non-hydrogen) atoms. The van der Waals surface area contributed by atoms with Gasteiger partial charge in [-0.25, -0.2) is 5.01 Å². The third-order valence-corrected chi connectivity index (χ3v) is 5.60. The predicted molar refractivity (Wildman–Crippen MR) is 106 cm³/mol. The third kappa shape index (κ3) is 2.52. The minimum absolute atomic E-state index is 0.0324. The molecule has 0 aliphatic carbocycles. The van der Waals surface area contributed by atoms with Gasteiger partial charge in [0, 0.05) is 23.1 Å². The van der Waals surface area contributed by atoms with Gasteiger partial charge in [-0.3, -0.25) is 0 Å². The molecule has 1 N–H and O–H groups in total. The molecule has 144 valence electrons. The molecular weight excluding hydrogens is 368 g/mol. The van der Waals surface area contributed by atoms with Crippen molar-refractivity contribution in [3.63, 3.8) is 0 Å². The Morgan fingerprint density at radius 2 is 1.72 bits per heavy atom. The van der Waals surface area contributed by atoms with E-state index in [9.17, 15) is 5.11 Å². The third-order valence-electron chi connectivity index (χ3n) is 5.60. The van der Waals surface area contributed by atoms with Crippen molar-refractivity contribution in [2.75, 3.05) is 6.79 Å². The van der Waals surface area contributed by atoms with Crippen molar-refractivity contribution in [2.45, 2.75) is 18.7 Å². The molecule has 0 spiro atoms. The second kappa shape index (κ2) is 6.17. The van der Waals surface area contributed by atoms with E-state index < -0.39 is 6.23 Å². The lowest BCUT2D eigenvalue weighted by Crippen LogP contribution is -2.33. The number of phenolic OH excluding ortho intramolecular Hbond substituents is 1. The molecule has 6 heteroatoms. The molecule has 3 aliphatic rings. The van der Waals surface area contributed by atoms with Crippen molar-refractivity contribution in [1.29, 1.82) is 0 Å². The van der Waals surface area contributed by atoms with Crippen molar-refractivity contribution >= 4 is 5.71 Å². The largest absolute Gasteiger partial charge is 0.507 e. The normalized spacial score (nSPS) is 21.2. The van der Waals surface area contributed by atoms with Gasteiger partial charge in [-0.15, -0.1) is 0 Å². The Labute approximate surface area is 167 Å². The van der Waals surface area contributed by atoms with Crippen LogP contribution in [0.3, 0.4) is 0 Å². The maximum atomic E-state index is 10.3. The van der Waals surface area contributed by atoms with Crippen molar-refractivity contribution in [3.05, 3.63) is 83.4 Å². The fourth-order valence-electron chi connectivity index (χ4n) is 4.20. The van der Waals surface area contributed by atoms with E-state index in [4.69, 9.17) is 19.3 Å². The highest BCUT2D eigenvalue weighted by molar-refractivity contribution is 6.04. The molecule has 3 heterocycles. The maximum absolute atomic E-state index is 10.3. The monoisotopic (exact) mass is 386 g/mol. The van der Waals surface area contributed by atoms with E-state index in [1.807, 2.05) is 59.6 Å². The van der Waals surface area contributed by atoms with Crippen molar-refractivity contribution < 1.29 is 19.3 Å². The van der Waals surface area contributed by atoms with Gasteiger partial charge in [0.25, 0.3) is 0 Å². The van der Waals surface area contributed by atoms with Crippen LogP contribution in [-0.2, 0) is 0 Å². The molecule has 0 aromatic heterocycles. The number of aromatic hydroxyl groups is 1. The molecule has 2 atom stereocenters. The van der Waals surface area contributed by atoms with Crippen LogP contribution in [0.15, 0.2) is 71.8 Å². The van der Waals surface area contributed by atoms with E-state index in [1.165, 1.54) is 0 Å². The van der Waals surface area contributed by atoms with Crippen molar-refractivity contribution in [3.8, 4) is 23.0 Å². The number of hydrazone groups is 1. The van der Waals surface area contributed by atoms with E-state index >= 15 is 0 Å². The molecule has 0 bridgehead atoms. The van der Waals surface area contributed by atoms with Gasteiger partial charge in [0.05, 0.1) is 11.8 Å². The van der Waals surface area contributed by atoms with E-state index in [0.29, 0.717) is 12.2 Å². The zero-order valence-corrected chi connectivity index (χ0v) is 15.5. The second-order valence-corrected chi connectivity index (χ2v) is 7.28. The SMILES string of the molecule is Oc1ccccc1C1=NN2[C@H](C1)c1ccccc1O[C@@H]2c1ccc2c(c1)OCO2. The summed E-state index contributed by atoms with van der Waals surface area (Å²) < 4.78 is 17.4. The van der Waals surface area contributed by atoms with E-state index in [-0.39, 0.29) is 18.6 Å². The Hall–Kier alpha value is -3.67. The highest BCUT2D eigenvalue weighted by Crippen LogP contribution is 2.48. The lowest BCUT2D eigenvalue weighted by atomic mass is 9.95. The van der Waals surface area contributed by atoms with Crippen LogP contribution in [-0.4, -0.2) is 22.6 Å². The first-order valence-corrected chi connectivity index (χ1v) is 9.57. The molecule has 0 unspecified atom stereocenters. The summed E-state index contributed by atoms with van der Waals surface area (Å²) in [6, 6.07) is 21.2. The topological polar surface area (TPSA) is 63.5 Å². The van der Waals surface area contributed by atoms with Crippen LogP contribution in [0.25, 0.3) is 0 Å². The summed E-state index contributed by atoms with van der Waals surface area (Å²) in [5.41, 5.74) is 3.64. The van der Waals surface area contributed by atoms with Crippen molar-refractivity contribution in [1.82, 2.24) is 5.01 Å². The smallest absolute Gasteiger partial charge is 0.231 e. The van der Waals surface area contributed by atoms with Gasteiger partial charge in [-0.05, 0) is 36.4 Å². The van der Waals surface area contributed by atoms with Crippen LogP contribution in [0.2, 0.25) is 0 Å². The van der Waals surface area contributed by atoms with Crippen LogP contribution in [0.1, 0.15) is 35.4 Å². The molecule has 3 aliphatic heterocycles. The highest BCUT2D eigenvalue weighted by Gasteiger charge is 2.41. The first-order valence-electron chi connectivity index (χ1n) is 9.57. The molecule has 6 nitrogen and oxygen atoms in total. The average Bonchev–Trinajstić information content (AvgIpc) is 3.40. The second-order valence-electron chi connectivity index (χ2n) is 7.28. The van der Waals surface area contributed by atoms with Gasteiger partial charge in [0.2, 0.25) is 13.0 Å². The summed E-state index contributed by atoms with van der Waals surface area (Å²) in [5.74, 6) is 2.54. The van der Waals surface area contributed by atoms with Gasteiger partial charge >= 0.3 is 0 Å². The standard InChI is InChI=1S/C23H18N2O4/c26-19-7-3-1-5-15(19)17-12-18-16-6-2-4-8-20(16)29-23(25(18)24-17)14-9-10-21-22(11-14)28-13-27-21/h1-11,18,23,26H,12-13H2/t18-,23-/m1/s1. The minimum atomic E-state index is -0.396. The van der Waals surface area contributed by atoms with Crippen molar-refractivity contribution in [2.24, 2.45) is 5.10 Å². The number of ether oxygens (including phenoxy) is 3. The molecule has 0 radical (unpaired) electrons.